The molecule has 2 aliphatic rings. The van der Waals surface area contributed by atoms with Crippen LogP contribution in [0.1, 0.15) is 39.0 Å². The fraction of sp³-hybridized carbons (Fsp3) is 0.923. The molecule has 1 N–H and O–H groups in total. The van der Waals surface area contributed by atoms with Crippen LogP contribution in [0.15, 0.2) is 0 Å². The van der Waals surface area contributed by atoms with Gasteiger partial charge in [0.15, 0.2) is 0 Å². The van der Waals surface area contributed by atoms with Gasteiger partial charge in [-0.15, -0.1) is 0 Å². The zero-order chi connectivity index (χ0) is 12.3. The quantitative estimate of drug-likeness (QED) is 0.807. The van der Waals surface area contributed by atoms with Gasteiger partial charge in [-0.25, -0.2) is 0 Å². The molecule has 0 radical (unpaired) electrons. The molecule has 1 aliphatic carbocycles. The van der Waals surface area contributed by atoms with Crippen LogP contribution in [-0.4, -0.2) is 48.3 Å². The molecule has 1 saturated heterocycles. The van der Waals surface area contributed by atoms with Crippen molar-refractivity contribution in [2.45, 2.75) is 45.1 Å². The molecule has 4 heteroatoms. The highest BCUT2D eigenvalue weighted by Gasteiger charge is 2.45. The predicted molar refractivity (Wildman–Crippen MR) is 64.6 cm³/mol. The van der Waals surface area contributed by atoms with Crippen molar-refractivity contribution in [2.24, 2.45) is 5.41 Å². The van der Waals surface area contributed by atoms with Crippen molar-refractivity contribution in [3.05, 3.63) is 0 Å². The number of hydrogen-bond acceptors (Lipinski definition) is 3. The topological polar surface area (TPSA) is 49.8 Å². The molecule has 1 aliphatic heterocycles. The minimum Gasteiger partial charge on any atom is -0.392 e. The molecule has 2 rings (SSSR count). The number of amides is 1. The maximum atomic E-state index is 11.9. The van der Waals surface area contributed by atoms with Gasteiger partial charge in [0.05, 0.1) is 6.10 Å². The monoisotopic (exact) mass is 241 g/mol. The second-order valence-corrected chi connectivity index (χ2v) is 5.33. The number of piperidine rings is 1. The van der Waals surface area contributed by atoms with E-state index < -0.39 is 0 Å². The summed E-state index contributed by atoms with van der Waals surface area (Å²) >= 11 is 0. The number of nitrogens with zero attached hydrogens (tertiary/aromatic N) is 1. The van der Waals surface area contributed by atoms with Crippen LogP contribution < -0.4 is 0 Å². The Morgan fingerprint density at radius 3 is 2.88 bits per heavy atom. The zero-order valence-corrected chi connectivity index (χ0v) is 10.7. The van der Waals surface area contributed by atoms with Gasteiger partial charge in [-0.2, -0.15) is 0 Å². The molecule has 0 bridgehead atoms. The van der Waals surface area contributed by atoms with Crippen LogP contribution in [0.2, 0.25) is 0 Å². The molecule has 98 valence electrons. The summed E-state index contributed by atoms with van der Waals surface area (Å²) in [7, 11) is 0. The maximum Gasteiger partial charge on any atom is 0.248 e. The maximum absolute atomic E-state index is 11.9. The van der Waals surface area contributed by atoms with Crippen LogP contribution in [0.5, 0.6) is 0 Å². The number of rotatable bonds is 3. The fourth-order valence-electron chi connectivity index (χ4n) is 3.25. The zero-order valence-electron chi connectivity index (χ0n) is 10.7. The highest BCUT2D eigenvalue weighted by atomic mass is 16.5. The van der Waals surface area contributed by atoms with E-state index in [1.165, 1.54) is 0 Å². The molecule has 2 fully saturated rings. The van der Waals surface area contributed by atoms with Crippen LogP contribution in [0.4, 0.5) is 0 Å². The Morgan fingerprint density at radius 2 is 2.24 bits per heavy atom. The Morgan fingerprint density at radius 1 is 1.47 bits per heavy atom. The van der Waals surface area contributed by atoms with E-state index in [1.807, 2.05) is 11.8 Å². The number of likely N-dealkylation sites (tertiary alicyclic amines) is 1. The molecule has 0 aromatic carbocycles. The number of ether oxygens (including phenoxy) is 1. The van der Waals surface area contributed by atoms with Crippen LogP contribution in [0, 0.1) is 5.41 Å². The number of aliphatic hydroxyl groups excluding tert-OH is 1. The van der Waals surface area contributed by atoms with Crippen molar-refractivity contribution >= 4 is 5.91 Å². The lowest BCUT2D eigenvalue weighted by Crippen LogP contribution is -2.50. The predicted octanol–water partition coefficient (Wildman–Crippen LogP) is 1.18. The molecule has 4 nitrogen and oxygen atoms in total. The van der Waals surface area contributed by atoms with Gasteiger partial charge in [0.2, 0.25) is 5.91 Å². The SMILES string of the molecule is CCOCC(=O)N1CCC[C@@]2(CCC[C@H]2O)C1. The molecule has 17 heavy (non-hydrogen) atoms. The summed E-state index contributed by atoms with van der Waals surface area (Å²) in [4.78, 5) is 13.8. The third-order valence-corrected chi connectivity index (χ3v) is 4.25. The minimum atomic E-state index is -0.217. The summed E-state index contributed by atoms with van der Waals surface area (Å²) < 4.78 is 5.17. The lowest BCUT2D eigenvalue weighted by molar-refractivity contribution is -0.141. The van der Waals surface area contributed by atoms with Crippen LogP contribution in [-0.2, 0) is 9.53 Å². The van der Waals surface area contributed by atoms with Crippen LogP contribution >= 0.6 is 0 Å². The fourth-order valence-corrected chi connectivity index (χ4v) is 3.25. The summed E-state index contributed by atoms with van der Waals surface area (Å²) in [6.45, 7) is 4.20. The first-order chi connectivity index (χ1) is 8.18. The van der Waals surface area contributed by atoms with Gasteiger partial charge >= 0.3 is 0 Å². The highest BCUT2D eigenvalue weighted by molar-refractivity contribution is 5.77. The van der Waals surface area contributed by atoms with Crippen molar-refractivity contribution in [3.63, 3.8) is 0 Å². The van der Waals surface area contributed by atoms with E-state index in [-0.39, 0.29) is 24.0 Å². The molecule has 0 aromatic rings. The van der Waals surface area contributed by atoms with E-state index in [0.29, 0.717) is 6.61 Å². The van der Waals surface area contributed by atoms with Crippen LogP contribution in [0.25, 0.3) is 0 Å². The first kappa shape index (κ1) is 12.8. The van der Waals surface area contributed by atoms with E-state index in [2.05, 4.69) is 0 Å². The van der Waals surface area contributed by atoms with Crippen molar-refractivity contribution in [1.82, 2.24) is 4.90 Å². The molecular formula is C13H23NO3. The number of carbonyl (C=O) groups excluding carboxylic acids is 1. The summed E-state index contributed by atoms with van der Waals surface area (Å²) in [6.07, 6.45) is 4.90. The van der Waals surface area contributed by atoms with Crippen molar-refractivity contribution in [3.8, 4) is 0 Å². The smallest absolute Gasteiger partial charge is 0.248 e. The van der Waals surface area contributed by atoms with Crippen molar-refractivity contribution < 1.29 is 14.6 Å². The van der Waals surface area contributed by atoms with Crippen molar-refractivity contribution in [1.29, 1.82) is 0 Å². The van der Waals surface area contributed by atoms with Gasteiger partial charge in [-0.1, -0.05) is 6.42 Å². The normalized spacial score (nSPS) is 33.3. The molecule has 1 saturated carbocycles. The molecule has 0 unspecified atom stereocenters. The number of hydrogen-bond donors (Lipinski definition) is 1. The van der Waals surface area contributed by atoms with E-state index in [4.69, 9.17) is 4.74 Å². The van der Waals surface area contributed by atoms with Gasteiger partial charge in [-0.05, 0) is 32.6 Å². The van der Waals surface area contributed by atoms with Gasteiger partial charge in [0.1, 0.15) is 6.61 Å². The summed E-state index contributed by atoms with van der Waals surface area (Å²) in [5.41, 5.74) is -0.0138. The first-order valence-electron chi connectivity index (χ1n) is 6.71. The van der Waals surface area contributed by atoms with Gasteiger partial charge < -0.3 is 14.7 Å². The lowest BCUT2D eigenvalue weighted by Gasteiger charge is -2.42. The van der Waals surface area contributed by atoms with E-state index >= 15 is 0 Å². The Hall–Kier alpha value is -0.610. The molecule has 0 aromatic heterocycles. The molecule has 1 heterocycles. The second kappa shape index (κ2) is 5.36. The average molecular weight is 241 g/mol. The molecule has 2 atom stereocenters. The van der Waals surface area contributed by atoms with E-state index in [0.717, 1.165) is 45.2 Å². The van der Waals surface area contributed by atoms with E-state index in [9.17, 15) is 9.90 Å². The number of aliphatic hydroxyl groups is 1. The summed E-state index contributed by atoms with van der Waals surface area (Å²) in [6, 6.07) is 0. The van der Waals surface area contributed by atoms with Gasteiger partial charge in [-0.3, -0.25) is 4.79 Å². The van der Waals surface area contributed by atoms with E-state index in [1.54, 1.807) is 0 Å². The summed E-state index contributed by atoms with van der Waals surface area (Å²) in [5, 5.41) is 10.1. The largest absolute Gasteiger partial charge is 0.392 e. The highest BCUT2D eigenvalue weighted by Crippen LogP contribution is 2.44. The summed E-state index contributed by atoms with van der Waals surface area (Å²) in [5.74, 6) is 0.0741. The Balaban J connectivity index is 1.94. The van der Waals surface area contributed by atoms with Crippen LogP contribution in [0.3, 0.4) is 0 Å². The Labute approximate surface area is 103 Å². The minimum absolute atomic E-state index is 0.0138. The molecular weight excluding hydrogens is 218 g/mol. The second-order valence-electron chi connectivity index (χ2n) is 5.33. The van der Waals surface area contributed by atoms with Gasteiger partial charge in [0.25, 0.3) is 0 Å². The first-order valence-corrected chi connectivity index (χ1v) is 6.71. The number of carbonyl (C=O) groups is 1. The standard InChI is InChI=1S/C13H23NO3/c1-2-17-9-12(16)14-8-4-7-13(10-14)6-3-5-11(13)15/h11,15H,2-10H2,1H3/t11-,13+/m1/s1. The third-order valence-electron chi connectivity index (χ3n) is 4.25. The average Bonchev–Trinajstić information content (AvgIpc) is 2.68. The molecule has 1 spiro atoms. The molecule has 1 amide bonds. The Bertz CT molecular complexity index is 282. The van der Waals surface area contributed by atoms with Gasteiger partial charge in [0, 0.05) is 25.1 Å². The van der Waals surface area contributed by atoms with Crippen molar-refractivity contribution in [2.75, 3.05) is 26.3 Å². The lowest BCUT2D eigenvalue weighted by atomic mass is 9.76. The Kier molecular flexibility index (Phi) is 4.05. The third kappa shape index (κ3) is 2.63.